The van der Waals surface area contributed by atoms with Crippen LogP contribution in [0.1, 0.15) is 32.3 Å². The number of hydrogen-bond donors (Lipinski definition) is 1. The Morgan fingerprint density at radius 3 is 2.28 bits per heavy atom. The van der Waals surface area contributed by atoms with Crippen LogP contribution in [0.15, 0.2) is 29.2 Å². The second-order valence-corrected chi connectivity index (χ2v) is 7.59. The molecule has 0 spiro atoms. The van der Waals surface area contributed by atoms with Crippen LogP contribution in [-0.4, -0.2) is 18.7 Å². The number of hydrogen-bond acceptors (Lipinski definition) is 3. The lowest BCUT2D eigenvalue weighted by Crippen LogP contribution is -2.13. The van der Waals surface area contributed by atoms with Crippen LogP contribution < -0.4 is 5.73 Å². The lowest BCUT2D eigenvalue weighted by molar-refractivity contribution is 0.587. The summed E-state index contributed by atoms with van der Waals surface area (Å²) < 4.78 is 23.8. The first-order valence-electron chi connectivity index (χ1n) is 5.95. The molecule has 1 aromatic rings. The van der Waals surface area contributed by atoms with Gasteiger partial charge in [0.1, 0.15) is 0 Å². The van der Waals surface area contributed by atoms with E-state index >= 15 is 0 Å². The fourth-order valence-corrected chi connectivity index (χ4v) is 2.79. The zero-order valence-corrected chi connectivity index (χ0v) is 12.4. The number of benzene rings is 1. The Morgan fingerprint density at radius 1 is 1.28 bits per heavy atom. The highest BCUT2D eigenvalue weighted by Crippen LogP contribution is 2.17. The normalized spacial score (nSPS) is 11.7. The van der Waals surface area contributed by atoms with Gasteiger partial charge >= 0.3 is 0 Å². The molecule has 2 N–H and O–H groups in total. The summed E-state index contributed by atoms with van der Waals surface area (Å²) in [7, 11) is -3.17. The number of nitrogens with two attached hydrogens (primary N) is 1. The fraction of sp³-hybridized carbons (Fsp3) is 0.462. The van der Waals surface area contributed by atoms with Gasteiger partial charge in [-0.3, -0.25) is 0 Å². The standard InChI is InChI=1S/C13H19NO2S2/c1-10(2)18(15,16)12-8-6-11(7-9-12)4-3-5-13(14)17/h6-10H,3-5H2,1-2H3,(H2,14,17). The van der Waals surface area contributed by atoms with Crippen LogP contribution in [-0.2, 0) is 16.3 Å². The molecule has 0 unspecified atom stereocenters. The molecule has 0 saturated carbocycles. The molecule has 100 valence electrons. The molecule has 0 heterocycles. The third kappa shape index (κ3) is 4.07. The minimum absolute atomic E-state index is 0.385. The predicted octanol–water partition coefficient (Wildman–Crippen LogP) is 2.48. The molecule has 3 nitrogen and oxygen atoms in total. The van der Waals surface area contributed by atoms with Crippen LogP contribution in [0.5, 0.6) is 0 Å². The number of rotatable bonds is 6. The summed E-state index contributed by atoms with van der Waals surface area (Å²) >= 11 is 4.81. The quantitative estimate of drug-likeness (QED) is 0.816. The molecular formula is C13H19NO2S2. The highest BCUT2D eigenvalue weighted by atomic mass is 32.2. The van der Waals surface area contributed by atoms with Gasteiger partial charge in [-0.2, -0.15) is 0 Å². The summed E-state index contributed by atoms with van der Waals surface area (Å²) in [6.07, 6.45) is 2.48. The van der Waals surface area contributed by atoms with E-state index in [1.807, 2.05) is 12.1 Å². The van der Waals surface area contributed by atoms with Crippen molar-refractivity contribution in [2.45, 2.75) is 43.3 Å². The summed E-state index contributed by atoms with van der Waals surface area (Å²) in [4.78, 5) is 0.907. The molecule has 5 heteroatoms. The lowest BCUT2D eigenvalue weighted by atomic mass is 10.1. The van der Waals surface area contributed by atoms with E-state index in [0.29, 0.717) is 9.88 Å². The largest absolute Gasteiger partial charge is 0.393 e. The Bertz CT molecular complexity index is 504. The van der Waals surface area contributed by atoms with Crippen molar-refractivity contribution < 1.29 is 8.42 Å². The Hall–Kier alpha value is -0.940. The van der Waals surface area contributed by atoms with Gasteiger partial charge in [0.25, 0.3) is 0 Å². The minimum atomic E-state index is -3.17. The second kappa shape index (κ2) is 6.29. The monoisotopic (exact) mass is 285 g/mol. The van der Waals surface area contributed by atoms with Gasteiger partial charge in [0.15, 0.2) is 9.84 Å². The number of aryl methyl sites for hydroxylation is 1. The highest BCUT2D eigenvalue weighted by molar-refractivity contribution is 7.92. The van der Waals surface area contributed by atoms with Gasteiger partial charge in [-0.15, -0.1) is 0 Å². The van der Waals surface area contributed by atoms with E-state index in [2.05, 4.69) is 0 Å². The summed E-state index contributed by atoms with van der Waals surface area (Å²) in [6, 6.07) is 7.06. The molecular weight excluding hydrogens is 266 g/mol. The molecule has 1 aromatic carbocycles. The topological polar surface area (TPSA) is 60.2 Å². The van der Waals surface area contributed by atoms with Crippen LogP contribution >= 0.6 is 12.2 Å². The van der Waals surface area contributed by atoms with Crippen molar-refractivity contribution in [3.05, 3.63) is 29.8 Å². The SMILES string of the molecule is CC(C)S(=O)(=O)c1ccc(CCCC(N)=S)cc1. The molecule has 18 heavy (non-hydrogen) atoms. The van der Waals surface area contributed by atoms with Gasteiger partial charge in [-0.05, 0) is 50.8 Å². The van der Waals surface area contributed by atoms with Crippen LogP contribution in [0.3, 0.4) is 0 Å². The van der Waals surface area contributed by atoms with Crippen LogP contribution in [0.4, 0.5) is 0 Å². The smallest absolute Gasteiger partial charge is 0.180 e. The van der Waals surface area contributed by atoms with Gasteiger partial charge < -0.3 is 5.73 Å². The Labute approximate surface area is 114 Å². The number of sulfone groups is 1. The maximum atomic E-state index is 11.9. The van der Waals surface area contributed by atoms with Crippen molar-refractivity contribution in [3.8, 4) is 0 Å². The molecule has 0 fully saturated rings. The average molecular weight is 285 g/mol. The van der Waals surface area contributed by atoms with Crippen molar-refractivity contribution in [3.63, 3.8) is 0 Å². The van der Waals surface area contributed by atoms with Gasteiger partial charge in [-0.25, -0.2) is 8.42 Å². The first-order chi connectivity index (χ1) is 8.34. The Balaban J connectivity index is 2.72. The van der Waals surface area contributed by atoms with Gasteiger partial charge in [-0.1, -0.05) is 24.4 Å². The van der Waals surface area contributed by atoms with Crippen LogP contribution in [0.2, 0.25) is 0 Å². The maximum absolute atomic E-state index is 11.9. The molecule has 0 bridgehead atoms. The van der Waals surface area contributed by atoms with Crippen LogP contribution in [0.25, 0.3) is 0 Å². The van der Waals surface area contributed by atoms with E-state index in [1.165, 1.54) is 0 Å². The second-order valence-electron chi connectivity index (χ2n) is 4.56. The zero-order valence-electron chi connectivity index (χ0n) is 10.7. The molecule has 1 rings (SSSR count). The van der Waals surface area contributed by atoms with Crippen molar-refractivity contribution in [2.75, 3.05) is 0 Å². The van der Waals surface area contributed by atoms with E-state index in [9.17, 15) is 8.42 Å². The van der Waals surface area contributed by atoms with E-state index < -0.39 is 15.1 Å². The average Bonchev–Trinajstić information content (AvgIpc) is 2.29. The third-order valence-corrected chi connectivity index (χ3v) is 5.14. The van der Waals surface area contributed by atoms with Gasteiger partial charge in [0.2, 0.25) is 0 Å². The van der Waals surface area contributed by atoms with Crippen molar-refractivity contribution in [1.29, 1.82) is 0 Å². The maximum Gasteiger partial charge on any atom is 0.180 e. The minimum Gasteiger partial charge on any atom is -0.393 e. The first kappa shape index (κ1) is 15.1. The number of thiocarbonyl (C=S) groups is 1. The van der Waals surface area contributed by atoms with Gasteiger partial charge in [0, 0.05) is 0 Å². The Morgan fingerprint density at radius 2 is 1.83 bits per heavy atom. The Kier molecular flexibility index (Phi) is 5.28. The van der Waals surface area contributed by atoms with Crippen molar-refractivity contribution in [1.82, 2.24) is 0 Å². The predicted molar refractivity (Wildman–Crippen MR) is 78.5 cm³/mol. The molecule has 0 saturated heterocycles. The molecule has 0 aromatic heterocycles. The zero-order chi connectivity index (χ0) is 13.8. The van der Waals surface area contributed by atoms with Crippen LogP contribution in [0, 0.1) is 0 Å². The van der Waals surface area contributed by atoms with E-state index in [1.54, 1.807) is 26.0 Å². The molecule has 0 aliphatic heterocycles. The van der Waals surface area contributed by atoms with Crippen molar-refractivity contribution in [2.24, 2.45) is 5.73 Å². The molecule has 0 atom stereocenters. The fourth-order valence-electron chi connectivity index (χ4n) is 1.58. The lowest BCUT2D eigenvalue weighted by Gasteiger charge is -2.08. The molecule has 0 aliphatic carbocycles. The van der Waals surface area contributed by atoms with Crippen molar-refractivity contribution >= 4 is 27.0 Å². The molecule has 0 radical (unpaired) electrons. The summed E-state index contributed by atoms with van der Waals surface area (Å²) in [5.41, 5.74) is 6.53. The first-order valence-corrected chi connectivity index (χ1v) is 7.90. The summed E-state index contributed by atoms with van der Waals surface area (Å²) in [5.74, 6) is 0. The highest BCUT2D eigenvalue weighted by Gasteiger charge is 2.18. The van der Waals surface area contributed by atoms with E-state index in [0.717, 1.165) is 24.8 Å². The molecule has 0 aliphatic rings. The van der Waals surface area contributed by atoms with E-state index in [-0.39, 0.29) is 0 Å². The summed E-state index contributed by atoms with van der Waals surface area (Å²) in [6.45, 7) is 3.37. The summed E-state index contributed by atoms with van der Waals surface area (Å²) in [5, 5.41) is -0.391. The van der Waals surface area contributed by atoms with Gasteiger partial charge in [0.05, 0.1) is 15.1 Å². The van der Waals surface area contributed by atoms with E-state index in [4.69, 9.17) is 18.0 Å². The third-order valence-electron chi connectivity index (χ3n) is 2.76. The molecule has 0 amide bonds.